The summed E-state index contributed by atoms with van der Waals surface area (Å²) < 4.78 is 19.2. The first-order valence-corrected chi connectivity index (χ1v) is 5.62. The Morgan fingerprint density at radius 2 is 2.12 bits per heavy atom. The van der Waals surface area contributed by atoms with Gasteiger partial charge in [0.1, 0.15) is 11.6 Å². The van der Waals surface area contributed by atoms with E-state index in [-0.39, 0.29) is 12.0 Å². The van der Waals surface area contributed by atoms with Crippen molar-refractivity contribution < 1.29 is 13.9 Å². The third-order valence-corrected chi connectivity index (χ3v) is 3.00. The molecule has 16 heavy (non-hydrogen) atoms. The number of hydrogen-bond acceptors (Lipinski definition) is 2. The Hall–Kier alpha value is -1.13. The molecule has 0 spiro atoms. The van der Waals surface area contributed by atoms with Crippen LogP contribution < -0.4 is 0 Å². The number of furan rings is 1. The van der Waals surface area contributed by atoms with Gasteiger partial charge in [-0.25, -0.2) is 4.39 Å². The molecule has 0 fully saturated rings. The minimum absolute atomic E-state index is 0.256. The average molecular weight is 285 g/mol. The highest BCUT2D eigenvalue weighted by Crippen LogP contribution is 2.28. The number of aliphatic hydroxyl groups is 1. The van der Waals surface area contributed by atoms with Gasteiger partial charge in [-0.2, -0.15) is 0 Å². The Bertz CT molecular complexity index is 448. The summed E-state index contributed by atoms with van der Waals surface area (Å²) in [6, 6.07) is 8.09. The maximum absolute atomic E-state index is 13.5. The summed E-state index contributed by atoms with van der Waals surface area (Å²) in [5.41, 5.74) is 0.263. The van der Waals surface area contributed by atoms with E-state index in [0.29, 0.717) is 10.2 Å². The molecule has 2 rings (SSSR count). The molecular formula is C12H10BrFO2. The van der Waals surface area contributed by atoms with Crippen molar-refractivity contribution in [2.45, 2.75) is 12.5 Å². The normalized spacial score (nSPS) is 12.7. The molecule has 0 amide bonds. The summed E-state index contributed by atoms with van der Waals surface area (Å²) in [6.45, 7) is 0. The van der Waals surface area contributed by atoms with Gasteiger partial charge in [-0.1, -0.05) is 22.0 Å². The largest absolute Gasteiger partial charge is 0.469 e. The second-order valence-corrected chi connectivity index (χ2v) is 4.29. The van der Waals surface area contributed by atoms with E-state index in [9.17, 15) is 9.50 Å². The standard InChI is InChI=1S/C12H10BrFO2/c13-9-4-1-5-10(14)12(9)11(15)7-8-3-2-6-16-8/h1-6,11,15H,7H2. The Balaban J connectivity index is 2.24. The molecule has 1 atom stereocenters. The Morgan fingerprint density at radius 3 is 2.75 bits per heavy atom. The Morgan fingerprint density at radius 1 is 1.31 bits per heavy atom. The summed E-state index contributed by atoms with van der Waals surface area (Å²) in [4.78, 5) is 0. The Kier molecular flexibility index (Phi) is 3.41. The lowest BCUT2D eigenvalue weighted by Crippen LogP contribution is -2.04. The molecule has 0 saturated heterocycles. The van der Waals surface area contributed by atoms with E-state index in [1.807, 2.05) is 0 Å². The van der Waals surface area contributed by atoms with Crippen LogP contribution in [0.4, 0.5) is 4.39 Å². The van der Waals surface area contributed by atoms with Gasteiger partial charge in [0, 0.05) is 16.5 Å². The summed E-state index contributed by atoms with van der Waals surface area (Å²) >= 11 is 3.22. The molecule has 0 aliphatic heterocycles. The SMILES string of the molecule is OC(Cc1ccco1)c1c(F)cccc1Br. The quantitative estimate of drug-likeness (QED) is 0.937. The van der Waals surface area contributed by atoms with Gasteiger partial charge in [0.2, 0.25) is 0 Å². The molecule has 84 valence electrons. The van der Waals surface area contributed by atoms with Gasteiger partial charge < -0.3 is 9.52 Å². The summed E-state index contributed by atoms with van der Waals surface area (Å²) in [5.74, 6) is 0.205. The first-order chi connectivity index (χ1) is 7.68. The van der Waals surface area contributed by atoms with E-state index >= 15 is 0 Å². The molecule has 1 aromatic heterocycles. The lowest BCUT2D eigenvalue weighted by atomic mass is 10.0. The zero-order chi connectivity index (χ0) is 11.5. The van der Waals surface area contributed by atoms with Crippen molar-refractivity contribution in [1.82, 2.24) is 0 Å². The predicted octanol–water partition coefficient (Wildman–Crippen LogP) is 3.46. The summed E-state index contributed by atoms with van der Waals surface area (Å²) in [7, 11) is 0. The molecular weight excluding hydrogens is 275 g/mol. The third-order valence-electron chi connectivity index (χ3n) is 2.31. The van der Waals surface area contributed by atoms with Crippen LogP contribution in [0, 0.1) is 5.82 Å². The fourth-order valence-corrected chi connectivity index (χ4v) is 2.16. The highest BCUT2D eigenvalue weighted by Gasteiger charge is 2.17. The molecule has 0 saturated carbocycles. The van der Waals surface area contributed by atoms with Crippen molar-refractivity contribution in [2.75, 3.05) is 0 Å². The van der Waals surface area contributed by atoms with E-state index in [2.05, 4.69) is 15.9 Å². The van der Waals surface area contributed by atoms with Crippen LogP contribution in [0.2, 0.25) is 0 Å². The van der Waals surface area contributed by atoms with E-state index in [1.165, 1.54) is 12.3 Å². The van der Waals surface area contributed by atoms with Gasteiger partial charge in [0.15, 0.2) is 0 Å². The highest BCUT2D eigenvalue weighted by molar-refractivity contribution is 9.10. The first kappa shape index (κ1) is 11.4. The summed E-state index contributed by atoms with van der Waals surface area (Å²) in [6.07, 6.45) is 0.868. The van der Waals surface area contributed by atoms with Crippen molar-refractivity contribution in [3.8, 4) is 0 Å². The fraction of sp³-hybridized carbons (Fsp3) is 0.167. The van der Waals surface area contributed by atoms with Crippen LogP contribution in [0.25, 0.3) is 0 Å². The average Bonchev–Trinajstić information content (AvgIpc) is 2.70. The Labute approximate surface area is 101 Å². The molecule has 1 N–H and O–H groups in total. The molecule has 0 aliphatic carbocycles. The number of benzene rings is 1. The topological polar surface area (TPSA) is 33.4 Å². The number of aliphatic hydroxyl groups excluding tert-OH is 1. The molecule has 2 nitrogen and oxygen atoms in total. The van der Waals surface area contributed by atoms with Gasteiger partial charge in [-0.15, -0.1) is 0 Å². The van der Waals surface area contributed by atoms with Crippen LogP contribution >= 0.6 is 15.9 Å². The van der Waals surface area contributed by atoms with Crippen LogP contribution in [-0.4, -0.2) is 5.11 Å². The highest BCUT2D eigenvalue weighted by atomic mass is 79.9. The minimum Gasteiger partial charge on any atom is -0.469 e. The van der Waals surface area contributed by atoms with Gasteiger partial charge >= 0.3 is 0 Å². The molecule has 0 radical (unpaired) electrons. The van der Waals surface area contributed by atoms with Gasteiger partial charge in [-0.05, 0) is 24.3 Å². The molecule has 1 aromatic carbocycles. The molecule has 2 aromatic rings. The van der Waals surface area contributed by atoms with Gasteiger partial charge in [-0.3, -0.25) is 0 Å². The van der Waals surface area contributed by atoms with Crippen LogP contribution in [0.5, 0.6) is 0 Å². The number of hydrogen-bond donors (Lipinski definition) is 1. The maximum Gasteiger partial charge on any atom is 0.130 e. The minimum atomic E-state index is -0.915. The monoisotopic (exact) mass is 284 g/mol. The van der Waals surface area contributed by atoms with Crippen LogP contribution in [0.15, 0.2) is 45.5 Å². The van der Waals surface area contributed by atoms with E-state index in [0.717, 1.165) is 0 Å². The fourth-order valence-electron chi connectivity index (χ4n) is 1.55. The van der Waals surface area contributed by atoms with Gasteiger partial charge in [0.05, 0.1) is 12.4 Å². The number of rotatable bonds is 3. The molecule has 4 heteroatoms. The molecule has 0 aliphatic rings. The van der Waals surface area contributed by atoms with E-state index < -0.39 is 11.9 Å². The molecule has 1 heterocycles. The third kappa shape index (κ3) is 2.33. The van der Waals surface area contributed by atoms with Crippen molar-refractivity contribution in [3.05, 3.63) is 58.2 Å². The zero-order valence-corrected chi connectivity index (χ0v) is 9.95. The lowest BCUT2D eigenvalue weighted by molar-refractivity contribution is 0.165. The predicted molar refractivity (Wildman–Crippen MR) is 61.5 cm³/mol. The smallest absolute Gasteiger partial charge is 0.130 e. The first-order valence-electron chi connectivity index (χ1n) is 4.83. The zero-order valence-electron chi connectivity index (χ0n) is 8.36. The molecule has 1 unspecified atom stereocenters. The molecule has 0 bridgehead atoms. The second kappa shape index (κ2) is 4.80. The number of halogens is 2. The maximum atomic E-state index is 13.5. The summed E-state index contributed by atoms with van der Waals surface area (Å²) in [5, 5.41) is 9.92. The van der Waals surface area contributed by atoms with Gasteiger partial charge in [0.25, 0.3) is 0 Å². The second-order valence-electron chi connectivity index (χ2n) is 3.43. The van der Waals surface area contributed by atoms with Crippen LogP contribution in [-0.2, 0) is 6.42 Å². The van der Waals surface area contributed by atoms with Crippen molar-refractivity contribution in [3.63, 3.8) is 0 Å². The van der Waals surface area contributed by atoms with Crippen molar-refractivity contribution >= 4 is 15.9 Å². The van der Waals surface area contributed by atoms with Crippen LogP contribution in [0.1, 0.15) is 17.4 Å². The van der Waals surface area contributed by atoms with Crippen LogP contribution in [0.3, 0.4) is 0 Å². The van der Waals surface area contributed by atoms with E-state index in [1.54, 1.807) is 24.3 Å². The lowest BCUT2D eigenvalue weighted by Gasteiger charge is -2.12. The van der Waals surface area contributed by atoms with Crippen molar-refractivity contribution in [1.29, 1.82) is 0 Å². The van der Waals surface area contributed by atoms with Crippen molar-refractivity contribution in [2.24, 2.45) is 0 Å². The van der Waals surface area contributed by atoms with E-state index in [4.69, 9.17) is 4.42 Å².